The van der Waals surface area contributed by atoms with Gasteiger partial charge in [-0.05, 0) is 50.8 Å². The van der Waals surface area contributed by atoms with Gasteiger partial charge < -0.3 is 10.2 Å². The topological polar surface area (TPSA) is 40.5 Å². The quantitative estimate of drug-likeness (QED) is 0.765. The lowest BCUT2D eigenvalue weighted by molar-refractivity contribution is 0.257. The van der Waals surface area contributed by atoms with Crippen molar-refractivity contribution < 1.29 is 10.2 Å². The van der Waals surface area contributed by atoms with E-state index < -0.39 is 0 Å². The first-order chi connectivity index (χ1) is 8.04. The Morgan fingerprint density at radius 2 is 2.06 bits per heavy atom. The molecule has 1 aromatic carbocycles. The van der Waals surface area contributed by atoms with Gasteiger partial charge in [0.05, 0.1) is 6.61 Å². The van der Waals surface area contributed by atoms with E-state index in [-0.39, 0.29) is 12.5 Å². The zero-order valence-corrected chi connectivity index (χ0v) is 10.9. The van der Waals surface area contributed by atoms with E-state index >= 15 is 0 Å². The molecule has 0 aliphatic rings. The molecule has 1 aromatic rings. The molecule has 1 rings (SSSR count). The predicted octanol–water partition coefficient (Wildman–Crippen LogP) is 3.52. The van der Waals surface area contributed by atoms with Crippen LogP contribution in [0.2, 0.25) is 0 Å². The number of allylic oxidation sites excluding steroid dienone is 2. The molecule has 0 aliphatic carbocycles. The van der Waals surface area contributed by atoms with Crippen LogP contribution >= 0.6 is 0 Å². The Morgan fingerprint density at radius 1 is 1.35 bits per heavy atom. The number of phenolic OH excluding ortho intramolecular Hbond substituents is 1. The monoisotopic (exact) mass is 234 g/mol. The summed E-state index contributed by atoms with van der Waals surface area (Å²) < 4.78 is 0. The maximum atomic E-state index is 9.87. The molecule has 94 valence electrons. The Hall–Kier alpha value is -1.28. The molecule has 0 bridgehead atoms. The zero-order chi connectivity index (χ0) is 12.8. The molecule has 0 radical (unpaired) electrons. The maximum absolute atomic E-state index is 9.87. The van der Waals surface area contributed by atoms with E-state index in [1.165, 1.54) is 5.57 Å². The first-order valence-corrected chi connectivity index (χ1v) is 6.08. The Bertz CT molecular complexity index is 390. The Balaban J connectivity index is 2.76. The van der Waals surface area contributed by atoms with Gasteiger partial charge in [0.1, 0.15) is 5.75 Å². The van der Waals surface area contributed by atoms with Crippen molar-refractivity contribution in [2.45, 2.75) is 39.5 Å². The van der Waals surface area contributed by atoms with Gasteiger partial charge in [-0.1, -0.05) is 23.8 Å². The number of aliphatic hydroxyl groups is 1. The molecule has 2 heteroatoms. The smallest absolute Gasteiger partial charge is 0.119 e. The lowest BCUT2D eigenvalue weighted by atomic mass is 9.93. The summed E-state index contributed by atoms with van der Waals surface area (Å²) in [5.41, 5.74) is 3.17. The summed E-state index contributed by atoms with van der Waals surface area (Å²) in [6, 6.07) is 5.63. The van der Waals surface area contributed by atoms with Crippen molar-refractivity contribution in [3.05, 3.63) is 41.0 Å². The van der Waals surface area contributed by atoms with Crippen molar-refractivity contribution >= 4 is 0 Å². The van der Waals surface area contributed by atoms with E-state index in [0.29, 0.717) is 5.75 Å². The average molecular weight is 234 g/mol. The van der Waals surface area contributed by atoms with Gasteiger partial charge in [0.2, 0.25) is 0 Å². The van der Waals surface area contributed by atoms with Crippen LogP contribution in [0, 0.1) is 6.92 Å². The number of hydrogen-bond donors (Lipinski definition) is 2. The molecule has 0 saturated heterocycles. The maximum Gasteiger partial charge on any atom is 0.119 e. The Labute approximate surface area is 104 Å². The minimum Gasteiger partial charge on any atom is -0.508 e. The molecular formula is C15H22O2. The number of phenols is 1. The van der Waals surface area contributed by atoms with Crippen LogP contribution in [0.4, 0.5) is 0 Å². The van der Waals surface area contributed by atoms with Crippen LogP contribution in [0.3, 0.4) is 0 Å². The van der Waals surface area contributed by atoms with E-state index in [4.69, 9.17) is 0 Å². The Kier molecular flexibility index (Phi) is 5.23. The lowest BCUT2D eigenvalue weighted by Crippen LogP contribution is -2.04. The highest BCUT2D eigenvalue weighted by molar-refractivity contribution is 5.38. The number of aromatic hydroxyl groups is 1. The van der Waals surface area contributed by atoms with Crippen LogP contribution < -0.4 is 0 Å². The fourth-order valence-electron chi connectivity index (χ4n) is 1.92. The molecule has 0 aromatic heterocycles. The van der Waals surface area contributed by atoms with Gasteiger partial charge in [-0.25, -0.2) is 0 Å². The fraction of sp³-hybridized carbons (Fsp3) is 0.467. The van der Waals surface area contributed by atoms with Gasteiger partial charge in [-0.15, -0.1) is 0 Å². The van der Waals surface area contributed by atoms with Gasteiger partial charge in [0.25, 0.3) is 0 Å². The average Bonchev–Trinajstić information content (AvgIpc) is 2.25. The molecule has 2 N–H and O–H groups in total. The molecule has 0 saturated carbocycles. The van der Waals surface area contributed by atoms with Gasteiger partial charge in [0, 0.05) is 5.92 Å². The van der Waals surface area contributed by atoms with Crippen LogP contribution in [0.5, 0.6) is 5.75 Å². The van der Waals surface area contributed by atoms with Gasteiger partial charge in [0.15, 0.2) is 0 Å². The number of aryl methyl sites for hydroxylation is 1. The molecule has 1 atom stereocenters. The van der Waals surface area contributed by atoms with Gasteiger partial charge in [-0.2, -0.15) is 0 Å². The van der Waals surface area contributed by atoms with E-state index in [1.54, 1.807) is 6.07 Å². The summed E-state index contributed by atoms with van der Waals surface area (Å²) in [5.74, 6) is 0.312. The van der Waals surface area contributed by atoms with Crippen LogP contribution in [0.15, 0.2) is 29.8 Å². The fourth-order valence-corrected chi connectivity index (χ4v) is 1.92. The molecule has 0 fully saturated rings. The number of benzene rings is 1. The van der Waals surface area contributed by atoms with E-state index in [2.05, 4.69) is 19.9 Å². The third-order valence-corrected chi connectivity index (χ3v) is 2.91. The van der Waals surface area contributed by atoms with E-state index in [9.17, 15) is 10.2 Å². The van der Waals surface area contributed by atoms with Gasteiger partial charge in [-0.3, -0.25) is 0 Å². The molecule has 0 amide bonds. The number of rotatable bonds is 5. The highest BCUT2D eigenvalue weighted by Gasteiger charge is 2.13. The highest BCUT2D eigenvalue weighted by atomic mass is 16.3. The minimum absolute atomic E-state index is 0.0196. The second kappa shape index (κ2) is 6.45. The molecule has 2 nitrogen and oxygen atoms in total. The molecule has 1 unspecified atom stereocenters. The van der Waals surface area contributed by atoms with E-state index in [0.717, 1.165) is 24.0 Å². The van der Waals surface area contributed by atoms with Crippen LogP contribution in [0.1, 0.15) is 43.7 Å². The molecular weight excluding hydrogens is 212 g/mol. The summed E-state index contributed by atoms with van der Waals surface area (Å²) in [7, 11) is 0. The number of aliphatic hydroxyl groups excluding tert-OH is 1. The van der Waals surface area contributed by atoms with Crippen molar-refractivity contribution in [2.75, 3.05) is 6.61 Å². The van der Waals surface area contributed by atoms with Crippen LogP contribution in [-0.2, 0) is 0 Å². The van der Waals surface area contributed by atoms with E-state index in [1.807, 2.05) is 19.1 Å². The normalized spacial score (nSPS) is 12.2. The van der Waals surface area contributed by atoms with Crippen LogP contribution in [-0.4, -0.2) is 16.8 Å². The van der Waals surface area contributed by atoms with Gasteiger partial charge >= 0.3 is 0 Å². The summed E-state index contributed by atoms with van der Waals surface area (Å²) >= 11 is 0. The first-order valence-electron chi connectivity index (χ1n) is 6.08. The van der Waals surface area contributed by atoms with Crippen molar-refractivity contribution in [1.82, 2.24) is 0 Å². The largest absolute Gasteiger partial charge is 0.508 e. The molecule has 0 heterocycles. The summed E-state index contributed by atoms with van der Waals surface area (Å²) in [4.78, 5) is 0. The SMILES string of the molecule is CC(C)=CCCC(CO)c1ccc(C)cc1O. The third kappa shape index (κ3) is 4.23. The Morgan fingerprint density at radius 3 is 2.59 bits per heavy atom. The second-order valence-electron chi connectivity index (χ2n) is 4.80. The molecule has 0 spiro atoms. The van der Waals surface area contributed by atoms with Crippen molar-refractivity contribution in [3.8, 4) is 5.75 Å². The number of hydrogen-bond acceptors (Lipinski definition) is 2. The zero-order valence-electron chi connectivity index (χ0n) is 10.9. The second-order valence-corrected chi connectivity index (χ2v) is 4.80. The molecule has 17 heavy (non-hydrogen) atoms. The standard InChI is InChI=1S/C15H22O2/c1-11(2)5-4-6-13(10-16)14-8-7-12(3)9-15(14)17/h5,7-9,13,16-17H,4,6,10H2,1-3H3. The highest BCUT2D eigenvalue weighted by Crippen LogP contribution is 2.29. The first kappa shape index (κ1) is 13.8. The lowest BCUT2D eigenvalue weighted by Gasteiger charge is -2.15. The van der Waals surface area contributed by atoms with Crippen molar-refractivity contribution in [2.24, 2.45) is 0 Å². The summed E-state index contributed by atoms with van der Waals surface area (Å²) in [6.45, 7) is 6.16. The summed E-state index contributed by atoms with van der Waals surface area (Å²) in [5, 5.41) is 19.3. The third-order valence-electron chi connectivity index (χ3n) is 2.91. The summed E-state index contributed by atoms with van der Waals surface area (Å²) in [6.07, 6.45) is 3.95. The van der Waals surface area contributed by atoms with Crippen LogP contribution in [0.25, 0.3) is 0 Å². The minimum atomic E-state index is 0.0196. The predicted molar refractivity (Wildman–Crippen MR) is 71.3 cm³/mol. The van der Waals surface area contributed by atoms with Crippen molar-refractivity contribution in [1.29, 1.82) is 0 Å². The van der Waals surface area contributed by atoms with Crippen molar-refractivity contribution in [3.63, 3.8) is 0 Å². The molecule has 0 aliphatic heterocycles.